The molecule has 2 heterocycles. The first kappa shape index (κ1) is 15.5. The predicted octanol–water partition coefficient (Wildman–Crippen LogP) is 1.29. The molecule has 6 heteroatoms. The number of nitrogens with zero attached hydrogens (tertiary/aromatic N) is 2. The highest BCUT2D eigenvalue weighted by Crippen LogP contribution is 2.22. The Morgan fingerprint density at radius 2 is 2.10 bits per heavy atom. The summed E-state index contributed by atoms with van der Waals surface area (Å²) in [7, 11) is 0. The van der Waals surface area contributed by atoms with Crippen molar-refractivity contribution in [1.29, 1.82) is 0 Å². The van der Waals surface area contributed by atoms with E-state index >= 15 is 0 Å². The van der Waals surface area contributed by atoms with Gasteiger partial charge in [0.2, 0.25) is 5.91 Å². The summed E-state index contributed by atoms with van der Waals surface area (Å²) < 4.78 is 0. The van der Waals surface area contributed by atoms with Gasteiger partial charge in [0.05, 0.1) is 11.9 Å². The van der Waals surface area contributed by atoms with E-state index in [1.54, 1.807) is 12.3 Å². The molecule has 1 aromatic heterocycles. The Hall–Kier alpha value is -1.85. The van der Waals surface area contributed by atoms with Gasteiger partial charge >= 0.3 is 0 Å². The SMILES string of the molecule is CCC(CC)NC(=O)C1CCN(c2cn[nH]c(=O)c2)CC1. The van der Waals surface area contributed by atoms with Crippen molar-refractivity contribution in [2.24, 2.45) is 5.92 Å². The summed E-state index contributed by atoms with van der Waals surface area (Å²) in [6, 6.07) is 1.84. The summed E-state index contributed by atoms with van der Waals surface area (Å²) in [6.45, 7) is 5.76. The average Bonchev–Trinajstić information content (AvgIpc) is 2.52. The summed E-state index contributed by atoms with van der Waals surface area (Å²) in [4.78, 5) is 25.6. The van der Waals surface area contributed by atoms with Crippen LogP contribution >= 0.6 is 0 Å². The third-order valence-electron chi connectivity index (χ3n) is 4.21. The fourth-order valence-electron chi connectivity index (χ4n) is 2.75. The second kappa shape index (κ2) is 7.24. The van der Waals surface area contributed by atoms with Crippen molar-refractivity contribution in [3.05, 3.63) is 22.6 Å². The number of aromatic nitrogens is 2. The highest BCUT2D eigenvalue weighted by atomic mass is 16.2. The van der Waals surface area contributed by atoms with E-state index in [1.165, 1.54) is 0 Å². The van der Waals surface area contributed by atoms with Gasteiger partial charge in [-0.1, -0.05) is 13.8 Å². The molecule has 2 rings (SSSR count). The number of piperidine rings is 1. The predicted molar refractivity (Wildman–Crippen MR) is 82.3 cm³/mol. The number of rotatable bonds is 5. The summed E-state index contributed by atoms with van der Waals surface area (Å²) in [5, 5.41) is 9.32. The zero-order valence-electron chi connectivity index (χ0n) is 12.8. The van der Waals surface area contributed by atoms with Crippen molar-refractivity contribution in [3.8, 4) is 0 Å². The summed E-state index contributed by atoms with van der Waals surface area (Å²) in [6.07, 6.45) is 5.24. The molecule has 116 valence electrons. The first-order valence-corrected chi connectivity index (χ1v) is 7.74. The molecule has 21 heavy (non-hydrogen) atoms. The molecule has 1 amide bonds. The van der Waals surface area contributed by atoms with Crippen molar-refractivity contribution in [2.45, 2.75) is 45.6 Å². The molecule has 0 bridgehead atoms. The Morgan fingerprint density at radius 1 is 1.43 bits per heavy atom. The van der Waals surface area contributed by atoms with Crippen LogP contribution in [-0.4, -0.2) is 35.2 Å². The lowest BCUT2D eigenvalue weighted by molar-refractivity contribution is -0.126. The van der Waals surface area contributed by atoms with E-state index in [4.69, 9.17) is 0 Å². The van der Waals surface area contributed by atoms with Crippen LogP contribution in [0.25, 0.3) is 0 Å². The molecular formula is C15H24N4O2. The standard InChI is InChI=1S/C15H24N4O2/c1-3-12(4-2)17-15(21)11-5-7-19(8-6-11)13-9-14(20)18-16-10-13/h9-12H,3-8H2,1-2H3,(H,17,21)(H,18,20). The van der Waals surface area contributed by atoms with Crippen molar-refractivity contribution >= 4 is 11.6 Å². The van der Waals surface area contributed by atoms with Crippen LogP contribution in [-0.2, 0) is 4.79 Å². The molecule has 6 nitrogen and oxygen atoms in total. The third kappa shape index (κ3) is 4.06. The van der Waals surface area contributed by atoms with Gasteiger partial charge in [0.25, 0.3) is 5.56 Å². The molecule has 0 spiro atoms. The number of aromatic amines is 1. The highest BCUT2D eigenvalue weighted by Gasteiger charge is 2.26. The first-order valence-electron chi connectivity index (χ1n) is 7.74. The number of carbonyl (C=O) groups is 1. The number of hydrogen-bond donors (Lipinski definition) is 2. The number of amides is 1. The van der Waals surface area contributed by atoms with Crippen molar-refractivity contribution in [2.75, 3.05) is 18.0 Å². The fraction of sp³-hybridized carbons (Fsp3) is 0.667. The molecule has 0 aromatic carbocycles. The maximum Gasteiger partial charge on any atom is 0.266 e. The molecule has 0 atom stereocenters. The minimum atomic E-state index is -0.193. The van der Waals surface area contributed by atoms with Gasteiger partial charge in [-0.3, -0.25) is 9.59 Å². The van der Waals surface area contributed by atoms with E-state index in [0.29, 0.717) is 0 Å². The Bertz CT molecular complexity index is 516. The lowest BCUT2D eigenvalue weighted by Crippen LogP contribution is -2.43. The largest absolute Gasteiger partial charge is 0.370 e. The van der Waals surface area contributed by atoms with E-state index in [-0.39, 0.29) is 23.4 Å². The third-order valence-corrected chi connectivity index (χ3v) is 4.21. The van der Waals surface area contributed by atoms with Gasteiger partial charge in [-0.05, 0) is 25.7 Å². The zero-order chi connectivity index (χ0) is 15.2. The molecule has 1 aliphatic heterocycles. The second-order valence-electron chi connectivity index (χ2n) is 5.59. The van der Waals surface area contributed by atoms with Crippen molar-refractivity contribution < 1.29 is 4.79 Å². The number of hydrogen-bond acceptors (Lipinski definition) is 4. The molecule has 0 aliphatic carbocycles. The van der Waals surface area contributed by atoms with E-state index < -0.39 is 0 Å². The molecule has 0 radical (unpaired) electrons. The lowest BCUT2D eigenvalue weighted by atomic mass is 9.95. The monoisotopic (exact) mass is 292 g/mol. The van der Waals surface area contributed by atoms with E-state index in [2.05, 4.69) is 34.3 Å². The van der Waals surface area contributed by atoms with E-state index in [0.717, 1.165) is 44.5 Å². The topological polar surface area (TPSA) is 78.1 Å². The summed E-state index contributed by atoms with van der Waals surface area (Å²) >= 11 is 0. The number of nitrogens with one attached hydrogen (secondary N) is 2. The maximum atomic E-state index is 12.2. The smallest absolute Gasteiger partial charge is 0.266 e. The molecule has 2 N–H and O–H groups in total. The zero-order valence-corrected chi connectivity index (χ0v) is 12.8. The molecule has 1 saturated heterocycles. The summed E-state index contributed by atoms with van der Waals surface area (Å²) in [5.74, 6) is 0.254. The Kier molecular flexibility index (Phi) is 5.36. The Labute approximate surface area is 124 Å². The Balaban J connectivity index is 1.88. The van der Waals surface area contributed by atoms with Crippen LogP contribution in [0.5, 0.6) is 0 Å². The van der Waals surface area contributed by atoms with E-state index in [9.17, 15) is 9.59 Å². The van der Waals surface area contributed by atoms with Crippen LogP contribution in [0, 0.1) is 5.92 Å². The quantitative estimate of drug-likeness (QED) is 0.857. The van der Waals surface area contributed by atoms with Crippen LogP contribution in [0.15, 0.2) is 17.1 Å². The van der Waals surface area contributed by atoms with Gasteiger partial charge in [-0.25, -0.2) is 5.10 Å². The minimum absolute atomic E-state index is 0.0804. The number of H-pyrrole nitrogens is 1. The van der Waals surface area contributed by atoms with Gasteiger partial charge in [-0.2, -0.15) is 5.10 Å². The summed E-state index contributed by atoms with van der Waals surface area (Å²) in [5.41, 5.74) is 0.638. The highest BCUT2D eigenvalue weighted by molar-refractivity contribution is 5.79. The number of carbonyl (C=O) groups excluding carboxylic acids is 1. The fourth-order valence-corrected chi connectivity index (χ4v) is 2.75. The molecule has 1 aromatic rings. The molecule has 1 fully saturated rings. The van der Waals surface area contributed by atoms with Crippen molar-refractivity contribution in [3.63, 3.8) is 0 Å². The molecule has 0 unspecified atom stereocenters. The van der Waals surface area contributed by atoms with Gasteiger partial charge in [0.1, 0.15) is 0 Å². The lowest BCUT2D eigenvalue weighted by Gasteiger charge is -2.33. The minimum Gasteiger partial charge on any atom is -0.370 e. The second-order valence-corrected chi connectivity index (χ2v) is 5.59. The normalized spacial score (nSPS) is 16.2. The molecule has 0 saturated carbocycles. The average molecular weight is 292 g/mol. The van der Waals surface area contributed by atoms with Gasteiger partial charge in [0.15, 0.2) is 0 Å². The van der Waals surface area contributed by atoms with E-state index in [1.807, 2.05) is 0 Å². The van der Waals surface area contributed by atoms with Crippen molar-refractivity contribution in [1.82, 2.24) is 15.5 Å². The number of anilines is 1. The maximum absolute atomic E-state index is 12.2. The first-order chi connectivity index (χ1) is 10.1. The van der Waals surface area contributed by atoms with Gasteiger partial charge in [0, 0.05) is 31.1 Å². The van der Waals surface area contributed by atoms with Crippen LogP contribution < -0.4 is 15.8 Å². The van der Waals surface area contributed by atoms with Crippen LogP contribution in [0.3, 0.4) is 0 Å². The van der Waals surface area contributed by atoms with Crippen LogP contribution in [0.1, 0.15) is 39.5 Å². The molecular weight excluding hydrogens is 268 g/mol. The van der Waals surface area contributed by atoms with Crippen LogP contribution in [0.2, 0.25) is 0 Å². The molecule has 1 aliphatic rings. The van der Waals surface area contributed by atoms with Gasteiger partial charge in [-0.15, -0.1) is 0 Å². The van der Waals surface area contributed by atoms with Gasteiger partial charge < -0.3 is 10.2 Å². The van der Waals surface area contributed by atoms with Crippen LogP contribution in [0.4, 0.5) is 5.69 Å². The Morgan fingerprint density at radius 3 is 2.67 bits per heavy atom.